The Bertz CT molecular complexity index is 1010. The second kappa shape index (κ2) is 8.58. The van der Waals surface area contributed by atoms with E-state index in [1.54, 1.807) is 25.2 Å². The molecule has 1 saturated heterocycles. The average molecular weight is 450 g/mol. The van der Waals surface area contributed by atoms with Crippen LogP contribution in [0.25, 0.3) is 5.57 Å². The topological polar surface area (TPSA) is 162 Å². The van der Waals surface area contributed by atoms with Crippen LogP contribution in [0.2, 0.25) is 5.02 Å². The van der Waals surface area contributed by atoms with Crippen molar-refractivity contribution in [1.82, 2.24) is 10.2 Å². The zero-order chi connectivity index (χ0) is 23.0. The van der Waals surface area contributed by atoms with Crippen LogP contribution in [0.15, 0.2) is 35.8 Å². The van der Waals surface area contributed by atoms with E-state index in [1.165, 1.54) is 23.0 Å². The van der Waals surface area contributed by atoms with Crippen molar-refractivity contribution in [3.05, 3.63) is 46.4 Å². The van der Waals surface area contributed by atoms with Gasteiger partial charge in [0, 0.05) is 24.0 Å². The number of nitrogens with zero attached hydrogens (tertiary/aromatic N) is 2. The maximum atomic E-state index is 12.4. The van der Waals surface area contributed by atoms with Crippen molar-refractivity contribution in [2.75, 3.05) is 12.1 Å². The number of benzene rings is 1. The monoisotopic (exact) mass is 449 g/mol. The molecule has 3 rings (SSSR count). The highest BCUT2D eigenvalue weighted by Crippen LogP contribution is 2.47. The zero-order valence-electron chi connectivity index (χ0n) is 17.0. The van der Waals surface area contributed by atoms with E-state index in [2.05, 4.69) is 5.32 Å². The number of aliphatic hydroxyl groups is 1. The molecule has 31 heavy (non-hydrogen) atoms. The number of hydrogen-bond donors (Lipinski definition) is 5. The highest BCUT2D eigenvalue weighted by Gasteiger charge is 2.56. The summed E-state index contributed by atoms with van der Waals surface area (Å²) in [5.74, 6) is 3.27. The molecule has 166 valence electrons. The summed E-state index contributed by atoms with van der Waals surface area (Å²) < 4.78 is 0. The molecule has 2 heterocycles. The molecule has 1 aromatic rings. The highest BCUT2D eigenvalue weighted by molar-refractivity contribution is 6.31. The van der Waals surface area contributed by atoms with Gasteiger partial charge in [-0.25, -0.2) is 10.6 Å². The minimum absolute atomic E-state index is 0.0502. The number of nitrogens with two attached hydrogens (primary N) is 2. The number of fused-ring (bicyclic) bond motifs is 1. The van der Waals surface area contributed by atoms with Crippen LogP contribution in [-0.2, 0) is 14.4 Å². The van der Waals surface area contributed by atoms with Crippen molar-refractivity contribution in [3.8, 4) is 0 Å². The van der Waals surface area contributed by atoms with E-state index in [-0.39, 0.29) is 18.5 Å². The summed E-state index contributed by atoms with van der Waals surface area (Å²) in [6.45, 7) is 1.51. The van der Waals surface area contributed by atoms with Gasteiger partial charge < -0.3 is 26.2 Å². The van der Waals surface area contributed by atoms with Crippen LogP contribution in [0.3, 0.4) is 0 Å². The van der Waals surface area contributed by atoms with Gasteiger partial charge in [0.05, 0.1) is 30.2 Å². The van der Waals surface area contributed by atoms with Gasteiger partial charge in [-0.1, -0.05) is 11.6 Å². The lowest BCUT2D eigenvalue weighted by atomic mass is 9.82. The first-order valence-electron chi connectivity index (χ1n) is 9.54. The lowest BCUT2D eigenvalue weighted by Gasteiger charge is -2.44. The number of β-lactam (4-membered cyclic amide) rings is 1. The van der Waals surface area contributed by atoms with Crippen LogP contribution >= 0.6 is 11.6 Å². The number of primary amides is 1. The molecule has 3 atom stereocenters. The lowest BCUT2D eigenvalue weighted by molar-refractivity contribution is -0.161. The number of rotatable bonds is 8. The molecule has 0 saturated carbocycles. The van der Waals surface area contributed by atoms with E-state index in [0.717, 1.165) is 0 Å². The average Bonchev–Trinajstić information content (AvgIpc) is 3.01. The summed E-state index contributed by atoms with van der Waals surface area (Å²) in [5, 5.41) is 24.0. The number of amides is 2. The van der Waals surface area contributed by atoms with Crippen LogP contribution in [-0.4, -0.2) is 52.1 Å². The Morgan fingerprint density at radius 2 is 2.10 bits per heavy atom. The Morgan fingerprint density at radius 1 is 1.42 bits per heavy atom. The molecule has 11 heteroatoms. The summed E-state index contributed by atoms with van der Waals surface area (Å²) in [5.41, 5.74) is 6.93. The first-order valence-corrected chi connectivity index (χ1v) is 9.92. The lowest BCUT2D eigenvalue weighted by Crippen LogP contribution is -2.61. The summed E-state index contributed by atoms with van der Waals surface area (Å²) >= 11 is 6.27. The highest BCUT2D eigenvalue weighted by atomic mass is 35.5. The van der Waals surface area contributed by atoms with E-state index < -0.39 is 35.8 Å². The van der Waals surface area contributed by atoms with Crippen LogP contribution in [0, 0.1) is 5.92 Å². The second-order valence-electron chi connectivity index (χ2n) is 7.53. The molecular formula is C20H24ClN5O5. The first kappa shape index (κ1) is 22.6. The second-order valence-corrected chi connectivity index (χ2v) is 7.97. The van der Waals surface area contributed by atoms with Crippen LogP contribution in [0.4, 0.5) is 5.69 Å². The fourth-order valence-corrected chi connectivity index (χ4v) is 4.28. The molecule has 10 nitrogen and oxygen atoms in total. The standard InChI is InChI=1S/C20H24ClN5O5/c1-9(27)17-15-7-14(18(20(30)31)26(15)19(17)29)10-3-11(21)5-13(4-10)25(23)8-12(24-2)6-16(22)28/h3-5,8-9,15,17,24,27H,6-7,23H2,1-2H3,(H2,22,28)(H,30,31)/b12-8-/t9-,15?,17?/m1/s1. The molecule has 2 aliphatic heterocycles. The minimum atomic E-state index is -1.24. The van der Waals surface area contributed by atoms with Gasteiger partial charge in [0.25, 0.3) is 0 Å². The van der Waals surface area contributed by atoms with Crippen molar-refractivity contribution in [2.24, 2.45) is 17.5 Å². The Hall–Kier alpha value is -3.08. The number of aliphatic carboxylic acids is 1. The Balaban J connectivity index is 2.00. The summed E-state index contributed by atoms with van der Waals surface area (Å²) in [7, 11) is 1.62. The predicted molar refractivity (Wildman–Crippen MR) is 114 cm³/mol. The van der Waals surface area contributed by atoms with Crippen LogP contribution in [0.1, 0.15) is 25.3 Å². The van der Waals surface area contributed by atoms with E-state index >= 15 is 0 Å². The maximum absolute atomic E-state index is 12.4. The molecule has 2 aliphatic rings. The van der Waals surface area contributed by atoms with Gasteiger partial charge in [-0.15, -0.1) is 0 Å². The van der Waals surface area contributed by atoms with Crippen molar-refractivity contribution >= 4 is 40.6 Å². The van der Waals surface area contributed by atoms with Crippen molar-refractivity contribution in [2.45, 2.75) is 31.9 Å². The van der Waals surface area contributed by atoms with E-state index in [4.69, 9.17) is 23.2 Å². The predicted octanol–water partition coefficient (Wildman–Crippen LogP) is 0.364. The third-order valence-corrected chi connectivity index (χ3v) is 5.66. The molecule has 2 amide bonds. The number of carboxylic acid groups (broad SMARTS) is 1. The number of carbonyl (C=O) groups is 3. The molecule has 1 fully saturated rings. The Labute approximate surface area is 183 Å². The third-order valence-electron chi connectivity index (χ3n) is 5.44. The van der Waals surface area contributed by atoms with Gasteiger partial charge in [-0.05, 0) is 42.7 Å². The largest absolute Gasteiger partial charge is 0.477 e. The molecule has 7 N–H and O–H groups in total. The third kappa shape index (κ3) is 4.22. The number of anilines is 1. The number of nitrogens with one attached hydrogen (secondary N) is 1. The fraction of sp³-hybridized carbons (Fsp3) is 0.350. The zero-order valence-corrected chi connectivity index (χ0v) is 17.8. The Morgan fingerprint density at radius 3 is 2.65 bits per heavy atom. The molecular weight excluding hydrogens is 426 g/mol. The minimum Gasteiger partial charge on any atom is -0.477 e. The molecule has 0 aliphatic carbocycles. The van der Waals surface area contributed by atoms with E-state index in [9.17, 15) is 24.6 Å². The number of hydrogen-bond acceptors (Lipinski definition) is 7. The van der Waals surface area contributed by atoms with E-state index in [0.29, 0.717) is 27.5 Å². The van der Waals surface area contributed by atoms with Gasteiger partial charge in [0.1, 0.15) is 5.70 Å². The number of halogens is 1. The smallest absolute Gasteiger partial charge is 0.352 e. The molecule has 0 aromatic heterocycles. The summed E-state index contributed by atoms with van der Waals surface area (Å²) in [6.07, 6.45) is 0.812. The fourth-order valence-electron chi connectivity index (χ4n) is 4.05. The van der Waals surface area contributed by atoms with Crippen LogP contribution < -0.4 is 21.9 Å². The molecule has 0 bridgehead atoms. The normalized spacial score (nSPS) is 21.5. The molecule has 2 unspecified atom stereocenters. The van der Waals surface area contributed by atoms with Crippen molar-refractivity contribution < 1.29 is 24.6 Å². The molecule has 1 aromatic carbocycles. The SMILES string of the molecule is CN/C(=C\N(N)c1cc(Cl)cc(C2=C(C(=O)O)N3C(=O)C([C@@H](C)O)C3C2)c1)CC(N)=O. The number of aliphatic hydroxyl groups excluding tert-OH is 1. The molecule has 0 radical (unpaired) electrons. The van der Waals surface area contributed by atoms with Crippen molar-refractivity contribution in [3.63, 3.8) is 0 Å². The van der Waals surface area contributed by atoms with Gasteiger partial charge >= 0.3 is 5.97 Å². The van der Waals surface area contributed by atoms with Gasteiger partial charge in [0.2, 0.25) is 11.8 Å². The van der Waals surface area contributed by atoms with E-state index in [1.807, 2.05) is 0 Å². The van der Waals surface area contributed by atoms with Crippen molar-refractivity contribution in [1.29, 1.82) is 0 Å². The first-order chi connectivity index (χ1) is 14.5. The quantitative estimate of drug-likeness (QED) is 0.216. The summed E-state index contributed by atoms with van der Waals surface area (Å²) in [4.78, 5) is 36.8. The van der Waals surface area contributed by atoms with Gasteiger partial charge in [-0.2, -0.15) is 0 Å². The molecule has 0 spiro atoms. The summed E-state index contributed by atoms with van der Waals surface area (Å²) in [6, 6.07) is 4.40. The van der Waals surface area contributed by atoms with Crippen LogP contribution in [0.5, 0.6) is 0 Å². The van der Waals surface area contributed by atoms with Gasteiger partial charge in [-0.3, -0.25) is 14.6 Å². The van der Waals surface area contributed by atoms with Gasteiger partial charge in [0.15, 0.2) is 0 Å². The number of carbonyl (C=O) groups excluding carboxylic acids is 2. The number of hydrazine groups is 1. The number of carboxylic acids is 1. The maximum Gasteiger partial charge on any atom is 0.352 e. The Kier molecular flexibility index (Phi) is 6.25.